The van der Waals surface area contributed by atoms with Crippen molar-refractivity contribution in [3.8, 4) is 0 Å². The standard InChI is InChI=1S/C19H25N3.HI/c1-14(2)21-13-22(18-17(21)7-6-12-20-18)16-10-8-15(9-11-16)19(3,4)5;/h6-12,14H,13H2,1-5H3;1H. The van der Waals surface area contributed by atoms with Crippen LogP contribution in [0.3, 0.4) is 0 Å². The number of hydrogen-bond acceptors (Lipinski definition) is 3. The van der Waals surface area contributed by atoms with Gasteiger partial charge in [-0.15, -0.1) is 24.0 Å². The molecule has 124 valence electrons. The Balaban J connectivity index is 0.00000192. The van der Waals surface area contributed by atoms with E-state index in [2.05, 4.69) is 79.7 Å². The second-order valence-corrected chi connectivity index (χ2v) is 7.28. The Labute approximate surface area is 156 Å². The first kappa shape index (κ1) is 18.0. The van der Waals surface area contributed by atoms with Crippen molar-refractivity contribution in [1.82, 2.24) is 4.98 Å². The zero-order valence-corrected chi connectivity index (χ0v) is 16.9. The van der Waals surface area contributed by atoms with Crippen LogP contribution in [0.1, 0.15) is 40.2 Å². The van der Waals surface area contributed by atoms with Crippen LogP contribution in [0.15, 0.2) is 42.6 Å². The Hall–Kier alpha value is -1.30. The fourth-order valence-corrected chi connectivity index (χ4v) is 2.90. The molecule has 4 heteroatoms. The number of pyridine rings is 1. The van der Waals surface area contributed by atoms with E-state index in [1.165, 1.54) is 16.9 Å². The molecule has 0 aliphatic carbocycles. The maximum atomic E-state index is 4.61. The van der Waals surface area contributed by atoms with Gasteiger partial charge < -0.3 is 9.80 Å². The van der Waals surface area contributed by atoms with Crippen molar-refractivity contribution < 1.29 is 0 Å². The molecule has 0 bridgehead atoms. The Kier molecular flexibility index (Phi) is 5.23. The van der Waals surface area contributed by atoms with Gasteiger partial charge in [0.2, 0.25) is 0 Å². The summed E-state index contributed by atoms with van der Waals surface area (Å²) in [5.74, 6) is 1.06. The second-order valence-electron chi connectivity index (χ2n) is 7.28. The van der Waals surface area contributed by atoms with E-state index in [4.69, 9.17) is 0 Å². The van der Waals surface area contributed by atoms with Crippen LogP contribution in [0.4, 0.5) is 17.2 Å². The third kappa shape index (κ3) is 3.47. The number of anilines is 3. The highest BCUT2D eigenvalue weighted by atomic mass is 127. The van der Waals surface area contributed by atoms with Gasteiger partial charge in [-0.1, -0.05) is 32.9 Å². The van der Waals surface area contributed by atoms with Crippen LogP contribution in [0, 0.1) is 0 Å². The predicted octanol–water partition coefficient (Wildman–Crippen LogP) is 5.32. The smallest absolute Gasteiger partial charge is 0.158 e. The maximum Gasteiger partial charge on any atom is 0.158 e. The molecular formula is C19H26IN3. The highest BCUT2D eigenvalue weighted by Gasteiger charge is 2.29. The Morgan fingerprint density at radius 3 is 2.26 bits per heavy atom. The predicted molar refractivity (Wildman–Crippen MR) is 109 cm³/mol. The van der Waals surface area contributed by atoms with Crippen molar-refractivity contribution in [3.63, 3.8) is 0 Å². The molecule has 3 nitrogen and oxygen atoms in total. The van der Waals surface area contributed by atoms with E-state index in [1.54, 1.807) is 0 Å². The molecule has 3 rings (SSSR count). The number of nitrogens with zero attached hydrogens (tertiary/aromatic N) is 3. The largest absolute Gasteiger partial charge is 0.348 e. The lowest BCUT2D eigenvalue weighted by Gasteiger charge is -2.25. The average Bonchev–Trinajstić information content (AvgIpc) is 2.86. The number of aromatic nitrogens is 1. The quantitative estimate of drug-likeness (QED) is 0.610. The fraction of sp³-hybridized carbons (Fsp3) is 0.421. The zero-order valence-electron chi connectivity index (χ0n) is 14.6. The van der Waals surface area contributed by atoms with E-state index in [0.29, 0.717) is 6.04 Å². The molecular weight excluding hydrogens is 397 g/mol. The molecule has 0 N–H and O–H groups in total. The van der Waals surface area contributed by atoms with Crippen LogP contribution in [0.2, 0.25) is 0 Å². The number of rotatable bonds is 2. The highest BCUT2D eigenvalue weighted by molar-refractivity contribution is 14.0. The van der Waals surface area contributed by atoms with E-state index < -0.39 is 0 Å². The summed E-state index contributed by atoms with van der Waals surface area (Å²) in [6.45, 7) is 12.0. The van der Waals surface area contributed by atoms with E-state index in [9.17, 15) is 0 Å². The Bertz CT molecular complexity index is 659. The minimum Gasteiger partial charge on any atom is -0.348 e. The van der Waals surface area contributed by atoms with Gasteiger partial charge in [-0.2, -0.15) is 0 Å². The number of fused-ring (bicyclic) bond motifs is 1. The molecule has 23 heavy (non-hydrogen) atoms. The van der Waals surface area contributed by atoms with Crippen LogP contribution in [0.5, 0.6) is 0 Å². The summed E-state index contributed by atoms with van der Waals surface area (Å²) in [6.07, 6.45) is 1.87. The maximum absolute atomic E-state index is 4.61. The fourth-order valence-electron chi connectivity index (χ4n) is 2.90. The monoisotopic (exact) mass is 423 g/mol. The van der Waals surface area contributed by atoms with Gasteiger partial charge in [0.15, 0.2) is 5.82 Å². The molecule has 0 atom stereocenters. The lowest BCUT2D eigenvalue weighted by atomic mass is 9.87. The average molecular weight is 423 g/mol. The molecule has 0 saturated heterocycles. The molecule has 2 aromatic rings. The summed E-state index contributed by atoms with van der Waals surface area (Å²) in [7, 11) is 0. The van der Waals surface area contributed by atoms with Crippen molar-refractivity contribution in [2.75, 3.05) is 16.5 Å². The van der Waals surface area contributed by atoms with Crippen molar-refractivity contribution >= 4 is 41.2 Å². The first-order valence-corrected chi connectivity index (χ1v) is 7.97. The van der Waals surface area contributed by atoms with Crippen molar-refractivity contribution in [3.05, 3.63) is 48.2 Å². The number of halogens is 1. The summed E-state index contributed by atoms with van der Waals surface area (Å²) in [6, 6.07) is 13.5. The van der Waals surface area contributed by atoms with Crippen LogP contribution in [-0.4, -0.2) is 17.7 Å². The van der Waals surface area contributed by atoms with Crippen LogP contribution in [0.25, 0.3) is 0 Å². The van der Waals surface area contributed by atoms with Gasteiger partial charge in [0.25, 0.3) is 0 Å². The lowest BCUT2D eigenvalue weighted by Crippen LogP contribution is -2.33. The molecule has 1 aromatic heterocycles. The van der Waals surface area contributed by atoms with Gasteiger partial charge in [-0.3, -0.25) is 0 Å². The number of hydrogen-bond donors (Lipinski definition) is 0. The minimum absolute atomic E-state index is 0. The first-order chi connectivity index (χ1) is 10.4. The molecule has 1 aliphatic heterocycles. The van der Waals surface area contributed by atoms with Gasteiger partial charge in [-0.25, -0.2) is 4.98 Å². The molecule has 1 aliphatic rings. The van der Waals surface area contributed by atoms with E-state index in [0.717, 1.165) is 12.5 Å². The summed E-state index contributed by atoms with van der Waals surface area (Å²) in [4.78, 5) is 9.29. The van der Waals surface area contributed by atoms with E-state index in [1.807, 2.05) is 12.3 Å². The van der Waals surface area contributed by atoms with Crippen LogP contribution in [-0.2, 0) is 5.41 Å². The molecule has 0 radical (unpaired) electrons. The van der Waals surface area contributed by atoms with Crippen LogP contribution < -0.4 is 9.80 Å². The molecule has 0 unspecified atom stereocenters. The van der Waals surface area contributed by atoms with Crippen molar-refractivity contribution in [2.45, 2.75) is 46.1 Å². The highest BCUT2D eigenvalue weighted by Crippen LogP contribution is 2.39. The van der Waals surface area contributed by atoms with Gasteiger partial charge >= 0.3 is 0 Å². The topological polar surface area (TPSA) is 19.4 Å². The van der Waals surface area contributed by atoms with E-state index in [-0.39, 0.29) is 29.4 Å². The van der Waals surface area contributed by atoms with Gasteiger partial charge in [0, 0.05) is 17.9 Å². The minimum atomic E-state index is 0. The molecule has 0 saturated carbocycles. The normalized spacial score (nSPS) is 14.0. The summed E-state index contributed by atoms with van der Waals surface area (Å²) >= 11 is 0. The second kappa shape index (κ2) is 6.67. The molecule has 1 aromatic carbocycles. The Morgan fingerprint density at radius 2 is 1.70 bits per heavy atom. The first-order valence-electron chi connectivity index (χ1n) is 7.97. The molecule has 0 amide bonds. The third-order valence-corrected chi connectivity index (χ3v) is 4.29. The van der Waals surface area contributed by atoms with E-state index >= 15 is 0 Å². The summed E-state index contributed by atoms with van der Waals surface area (Å²) in [5.41, 5.74) is 3.97. The van der Waals surface area contributed by atoms with Crippen molar-refractivity contribution in [1.29, 1.82) is 0 Å². The van der Waals surface area contributed by atoms with Gasteiger partial charge in [0.1, 0.15) is 0 Å². The Morgan fingerprint density at radius 1 is 1.04 bits per heavy atom. The lowest BCUT2D eigenvalue weighted by molar-refractivity contribution is 0.590. The molecule has 2 heterocycles. The number of benzene rings is 1. The SMILES string of the molecule is CC(C)N1CN(c2ccc(C(C)(C)C)cc2)c2ncccc21.I. The van der Waals surface area contributed by atoms with Gasteiger partial charge in [0.05, 0.1) is 12.4 Å². The third-order valence-electron chi connectivity index (χ3n) is 4.29. The zero-order chi connectivity index (χ0) is 15.9. The molecule has 0 fully saturated rings. The van der Waals surface area contributed by atoms with Crippen molar-refractivity contribution in [2.24, 2.45) is 0 Å². The summed E-state index contributed by atoms with van der Waals surface area (Å²) < 4.78 is 0. The molecule has 0 spiro atoms. The van der Waals surface area contributed by atoms with Crippen LogP contribution >= 0.6 is 24.0 Å². The summed E-state index contributed by atoms with van der Waals surface area (Å²) in [5, 5.41) is 0. The van der Waals surface area contributed by atoms with Gasteiger partial charge in [-0.05, 0) is 49.1 Å².